The number of rotatable bonds is 4. The summed E-state index contributed by atoms with van der Waals surface area (Å²) in [6, 6.07) is 2.20. The third kappa shape index (κ3) is 3.57. The van der Waals surface area contributed by atoms with Gasteiger partial charge in [0.1, 0.15) is 5.69 Å². The molecule has 2 fully saturated rings. The van der Waals surface area contributed by atoms with E-state index in [0.29, 0.717) is 0 Å². The van der Waals surface area contributed by atoms with E-state index in [-0.39, 0.29) is 28.8 Å². The van der Waals surface area contributed by atoms with Crippen molar-refractivity contribution in [1.82, 2.24) is 15.2 Å². The monoisotopic (exact) mass is 352 g/mol. The number of pyridine rings is 1. The smallest absolute Gasteiger partial charge is 0.270 e. The molecule has 1 aromatic heterocycles. The number of nitrogens with one attached hydrogen (secondary N) is 1. The quantitative estimate of drug-likeness (QED) is 0.729. The summed E-state index contributed by atoms with van der Waals surface area (Å²) in [5.74, 6) is -1.05. The van der Waals surface area contributed by atoms with Crippen molar-refractivity contribution in [2.24, 2.45) is 5.73 Å². The lowest BCUT2D eigenvalue weighted by Gasteiger charge is -2.28. The highest BCUT2D eigenvalue weighted by Crippen LogP contribution is 2.22. The molecule has 0 aromatic carbocycles. The molecule has 9 heteroatoms. The molecule has 2 amide bonds. The van der Waals surface area contributed by atoms with E-state index in [9.17, 15) is 18.0 Å². The Morgan fingerprint density at radius 1 is 1.21 bits per heavy atom. The van der Waals surface area contributed by atoms with Crippen LogP contribution in [0.3, 0.4) is 0 Å². The zero-order chi connectivity index (χ0) is 17.3. The van der Waals surface area contributed by atoms with Gasteiger partial charge in [-0.3, -0.25) is 19.5 Å². The molecule has 0 spiro atoms. The minimum Gasteiger partial charge on any atom is -0.366 e. The van der Waals surface area contributed by atoms with Crippen LogP contribution in [0.1, 0.15) is 33.7 Å². The Morgan fingerprint density at radius 3 is 2.50 bits per heavy atom. The van der Waals surface area contributed by atoms with Crippen LogP contribution in [0.2, 0.25) is 0 Å². The number of likely N-dealkylation sites (tertiary alicyclic amines) is 1. The normalized spacial score (nSPS) is 26.3. The van der Waals surface area contributed by atoms with Crippen LogP contribution in [0, 0.1) is 0 Å². The van der Waals surface area contributed by atoms with E-state index >= 15 is 0 Å². The van der Waals surface area contributed by atoms with E-state index < -0.39 is 27.7 Å². The molecule has 3 rings (SSSR count). The predicted octanol–water partition coefficient (Wildman–Crippen LogP) is -0.828. The maximum absolute atomic E-state index is 12.4. The van der Waals surface area contributed by atoms with E-state index in [4.69, 9.17) is 5.73 Å². The van der Waals surface area contributed by atoms with Crippen LogP contribution in [0.25, 0.3) is 0 Å². The summed E-state index contributed by atoms with van der Waals surface area (Å²) in [5.41, 5.74) is 5.48. The number of hydrogen-bond donors (Lipinski definition) is 2. The Balaban J connectivity index is 1.72. The van der Waals surface area contributed by atoms with Gasteiger partial charge in [0.2, 0.25) is 5.91 Å². The van der Waals surface area contributed by atoms with Crippen LogP contribution in [0.5, 0.6) is 0 Å². The van der Waals surface area contributed by atoms with Gasteiger partial charge < -0.3 is 11.1 Å². The topological polar surface area (TPSA) is 122 Å². The summed E-state index contributed by atoms with van der Waals surface area (Å²) in [4.78, 5) is 29.4. The number of nitrogens with zero attached hydrogens (tertiary/aromatic N) is 2. The molecule has 0 aliphatic carbocycles. The zero-order valence-corrected chi connectivity index (χ0v) is 14.0. The number of amides is 2. The van der Waals surface area contributed by atoms with Crippen molar-refractivity contribution in [3.63, 3.8) is 0 Å². The molecular formula is C15H20N4O4S. The first-order valence-electron chi connectivity index (χ1n) is 7.87. The molecule has 8 nitrogen and oxygen atoms in total. The lowest BCUT2D eigenvalue weighted by Crippen LogP contribution is -2.50. The highest BCUT2D eigenvalue weighted by Gasteiger charge is 2.42. The van der Waals surface area contributed by atoms with Crippen LogP contribution in [0.4, 0.5) is 0 Å². The van der Waals surface area contributed by atoms with Gasteiger partial charge in [0, 0.05) is 12.2 Å². The van der Waals surface area contributed by atoms with Crippen LogP contribution in [-0.4, -0.2) is 66.8 Å². The van der Waals surface area contributed by atoms with Gasteiger partial charge >= 0.3 is 0 Å². The zero-order valence-electron chi connectivity index (χ0n) is 13.1. The van der Waals surface area contributed by atoms with Gasteiger partial charge in [-0.2, -0.15) is 0 Å². The van der Waals surface area contributed by atoms with Gasteiger partial charge in [-0.15, -0.1) is 0 Å². The van der Waals surface area contributed by atoms with E-state index in [0.717, 1.165) is 25.9 Å². The summed E-state index contributed by atoms with van der Waals surface area (Å²) in [5, 5.41) is 2.79. The van der Waals surface area contributed by atoms with Gasteiger partial charge in [0.25, 0.3) is 5.91 Å². The Kier molecular flexibility index (Phi) is 4.55. The fourth-order valence-corrected chi connectivity index (χ4v) is 5.27. The summed E-state index contributed by atoms with van der Waals surface area (Å²) in [7, 11) is -3.17. The maximum Gasteiger partial charge on any atom is 0.270 e. The van der Waals surface area contributed by atoms with Crippen molar-refractivity contribution < 1.29 is 18.0 Å². The first-order valence-corrected chi connectivity index (χ1v) is 9.69. The molecule has 130 valence electrons. The predicted molar refractivity (Wildman–Crippen MR) is 87.3 cm³/mol. The summed E-state index contributed by atoms with van der Waals surface area (Å²) >= 11 is 0. The van der Waals surface area contributed by atoms with Crippen molar-refractivity contribution in [3.05, 3.63) is 29.6 Å². The Bertz CT molecular complexity index is 741. The molecule has 2 saturated heterocycles. The molecule has 0 saturated carbocycles. The minimum atomic E-state index is -3.17. The van der Waals surface area contributed by atoms with E-state index in [1.165, 1.54) is 18.3 Å². The molecular weight excluding hydrogens is 332 g/mol. The molecule has 1 aromatic rings. The number of hydrogen-bond acceptors (Lipinski definition) is 6. The second kappa shape index (κ2) is 6.48. The number of carbonyl (C=O) groups is 2. The van der Waals surface area contributed by atoms with Crippen LogP contribution in [-0.2, 0) is 9.84 Å². The van der Waals surface area contributed by atoms with Crippen molar-refractivity contribution in [1.29, 1.82) is 0 Å². The fourth-order valence-electron chi connectivity index (χ4n) is 3.32. The molecule has 2 aliphatic rings. The Morgan fingerprint density at radius 2 is 1.92 bits per heavy atom. The summed E-state index contributed by atoms with van der Waals surface area (Å²) < 4.78 is 24.0. The number of carbonyl (C=O) groups excluding carboxylic acids is 2. The largest absolute Gasteiger partial charge is 0.366 e. The third-order valence-electron chi connectivity index (χ3n) is 4.53. The number of aromatic nitrogens is 1. The molecule has 2 aliphatic heterocycles. The Hall–Kier alpha value is -2.00. The van der Waals surface area contributed by atoms with E-state index in [1.807, 2.05) is 0 Å². The molecule has 3 heterocycles. The highest BCUT2D eigenvalue weighted by atomic mass is 32.2. The molecule has 3 N–H and O–H groups in total. The standard InChI is InChI=1S/C15H20N4O4S/c16-14(20)10-3-4-11(17-7-10)15(21)18-12-8-24(22,23)9-13(12)19-5-1-2-6-19/h3-4,7,12-13H,1-2,5-6,8-9H2,(H2,16,20)(H,18,21). The summed E-state index contributed by atoms with van der Waals surface area (Å²) in [6.45, 7) is 1.72. The van der Waals surface area contributed by atoms with Crippen molar-refractivity contribution in [2.45, 2.75) is 24.9 Å². The highest BCUT2D eigenvalue weighted by molar-refractivity contribution is 7.91. The maximum atomic E-state index is 12.4. The van der Waals surface area contributed by atoms with E-state index in [1.54, 1.807) is 0 Å². The number of primary amides is 1. The van der Waals surface area contributed by atoms with Gasteiger partial charge in [-0.25, -0.2) is 8.42 Å². The second-order valence-corrected chi connectivity index (χ2v) is 8.42. The number of nitrogens with two attached hydrogens (primary N) is 1. The van der Waals surface area contributed by atoms with Crippen molar-refractivity contribution >= 4 is 21.7 Å². The molecule has 0 bridgehead atoms. The van der Waals surface area contributed by atoms with E-state index in [2.05, 4.69) is 15.2 Å². The fraction of sp³-hybridized carbons (Fsp3) is 0.533. The summed E-state index contributed by atoms with van der Waals surface area (Å²) in [6.07, 6.45) is 3.33. The lowest BCUT2D eigenvalue weighted by atomic mass is 10.1. The third-order valence-corrected chi connectivity index (χ3v) is 6.25. The van der Waals surface area contributed by atoms with Gasteiger partial charge in [-0.1, -0.05) is 0 Å². The lowest BCUT2D eigenvalue weighted by molar-refractivity contribution is 0.0911. The van der Waals surface area contributed by atoms with Crippen molar-refractivity contribution in [2.75, 3.05) is 24.6 Å². The van der Waals surface area contributed by atoms with Crippen LogP contribution >= 0.6 is 0 Å². The van der Waals surface area contributed by atoms with Gasteiger partial charge in [0.15, 0.2) is 9.84 Å². The molecule has 24 heavy (non-hydrogen) atoms. The average Bonchev–Trinajstić information content (AvgIpc) is 3.14. The Labute approximate surface area is 140 Å². The van der Waals surface area contributed by atoms with Crippen LogP contribution < -0.4 is 11.1 Å². The first kappa shape index (κ1) is 16.8. The average molecular weight is 352 g/mol. The number of sulfone groups is 1. The van der Waals surface area contributed by atoms with Gasteiger partial charge in [0.05, 0.1) is 23.1 Å². The van der Waals surface area contributed by atoms with Crippen LogP contribution in [0.15, 0.2) is 18.3 Å². The molecule has 0 radical (unpaired) electrons. The minimum absolute atomic E-state index is 0.0563. The first-order chi connectivity index (χ1) is 11.4. The SMILES string of the molecule is NC(=O)c1ccc(C(=O)NC2CS(=O)(=O)CC2N2CCCC2)nc1. The molecule has 2 unspecified atom stereocenters. The second-order valence-electron chi connectivity index (χ2n) is 6.26. The van der Waals surface area contributed by atoms with Gasteiger partial charge in [-0.05, 0) is 38.1 Å². The van der Waals surface area contributed by atoms with Crippen molar-refractivity contribution in [3.8, 4) is 0 Å². The molecule has 2 atom stereocenters.